The van der Waals surface area contributed by atoms with Crippen LogP contribution >= 0.6 is 23.4 Å². The molecule has 17 heavy (non-hydrogen) atoms. The van der Waals surface area contributed by atoms with Crippen molar-refractivity contribution >= 4 is 40.8 Å². The van der Waals surface area contributed by atoms with Crippen molar-refractivity contribution in [3.8, 4) is 0 Å². The minimum Gasteiger partial charge on any atom is -0.298 e. The zero-order valence-corrected chi connectivity index (χ0v) is 11.1. The number of hydrogen-bond acceptors (Lipinski definition) is 3. The molecule has 0 aliphatic carbocycles. The lowest BCUT2D eigenvalue weighted by atomic mass is 10.1. The highest BCUT2D eigenvalue weighted by atomic mass is 35.5. The average Bonchev–Trinajstić information content (AvgIpc) is 2.30. The number of carbonyl (C=O) groups excluding carboxylic acids is 2. The molecule has 0 fully saturated rings. The zero-order chi connectivity index (χ0) is 12.7. The van der Waals surface area contributed by atoms with Gasteiger partial charge in [0.05, 0.1) is 0 Å². The third-order valence-corrected chi connectivity index (χ3v) is 3.22. The molecule has 0 radical (unpaired) electrons. The Hall–Kier alpha value is -1.06. The normalized spacial score (nSPS) is 10.7. The maximum atomic E-state index is 10.7. The summed E-state index contributed by atoms with van der Waals surface area (Å²) in [5, 5.41) is 0.692. The zero-order valence-electron chi connectivity index (χ0n) is 9.48. The van der Waals surface area contributed by atoms with Crippen molar-refractivity contribution in [1.29, 1.82) is 0 Å². The SMILES string of the molecule is CC(=O)SCCC=Cc1ccc(C=O)cc1Cl. The molecule has 1 rings (SSSR count). The van der Waals surface area contributed by atoms with Crippen molar-refractivity contribution in [2.75, 3.05) is 5.75 Å². The van der Waals surface area contributed by atoms with Gasteiger partial charge in [-0.25, -0.2) is 0 Å². The van der Waals surface area contributed by atoms with E-state index >= 15 is 0 Å². The molecule has 0 saturated heterocycles. The van der Waals surface area contributed by atoms with Crippen LogP contribution in [0.15, 0.2) is 24.3 Å². The van der Waals surface area contributed by atoms with Crippen LogP contribution in [-0.2, 0) is 4.79 Å². The molecule has 0 spiro atoms. The standard InChI is InChI=1S/C13H13ClO2S/c1-10(16)17-7-3-2-4-12-6-5-11(9-15)8-13(12)14/h2,4-6,8-9H,3,7H2,1H3. The predicted molar refractivity (Wildman–Crippen MR) is 73.6 cm³/mol. The number of allylic oxidation sites excluding steroid dienone is 1. The minimum atomic E-state index is 0.131. The second-order valence-corrected chi connectivity index (χ2v) is 5.11. The van der Waals surface area contributed by atoms with Crippen molar-refractivity contribution in [3.63, 3.8) is 0 Å². The van der Waals surface area contributed by atoms with E-state index in [1.165, 1.54) is 11.8 Å². The summed E-state index contributed by atoms with van der Waals surface area (Å²) in [6.45, 7) is 1.56. The summed E-state index contributed by atoms with van der Waals surface area (Å²) in [6, 6.07) is 5.17. The molecule has 2 nitrogen and oxygen atoms in total. The third kappa shape index (κ3) is 5.20. The Kier molecular flexibility index (Phi) is 6.01. The van der Waals surface area contributed by atoms with E-state index in [9.17, 15) is 9.59 Å². The quantitative estimate of drug-likeness (QED) is 0.601. The summed E-state index contributed by atoms with van der Waals surface area (Å²) in [7, 11) is 0. The largest absolute Gasteiger partial charge is 0.298 e. The van der Waals surface area contributed by atoms with Gasteiger partial charge < -0.3 is 0 Å². The van der Waals surface area contributed by atoms with Gasteiger partial charge in [-0.3, -0.25) is 9.59 Å². The molecule has 0 bridgehead atoms. The van der Waals surface area contributed by atoms with Gasteiger partial charge in [0, 0.05) is 23.3 Å². The van der Waals surface area contributed by atoms with Crippen molar-refractivity contribution in [2.45, 2.75) is 13.3 Å². The van der Waals surface area contributed by atoms with Crippen molar-refractivity contribution in [3.05, 3.63) is 40.4 Å². The maximum Gasteiger partial charge on any atom is 0.185 e. The summed E-state index contributed by atoms with van der Waals surface area (Å²) in [6.07, 6.45) is 5.45. The van der Waals surface area contributed by atoms with Gasteiger partial charge >= 0.3 is 0 Å². The molecule has 0 N–H and O–H groups in total. The van der Waals surface area contributed by atoms with E-state index < -0.39 is 0 Å². The molecule has 0 unspecified atom stereocenters. The Morgan fingerprint density at radius 2 is 2.24 bits per heavy atom. The molecule has 0 aliphatic rings. The van der Waals surface area contributed by atoms with Crippen molar-refractivity contribution in [2.24, 2.45) is 0 Å². The molecule has 0 amide bonds. The van der Waals surface area contributed by atoms with Gasteiger partial charge in [-0.15, -0.1) is 0 Å². The highest BCUT2D eigenvalue weighted by Crippen LogP contribution is 2.19. The van der Waals surface area contributed by atoms with Crippen LogP contribution in [0.4, 0.5) is 0 Å². The van der Waals surface area contributed by atoms with Crippen LogP contribution in [0.25, 0.3) is 6.08 Å². The predicted octanol–water partition coefficient (Wildman–Crippen LogP) is 3.84. The lowest BCUT2D eigenvalue weighted by molar-refractivity contribution is -0.109. The van der Waals surface area contributed by atoms with E-state index in [1.807, 2.05) is 12.2 Å². The number of benzene rings is 1. The molecular formula is C13H13ClO2S. The van der Waals surface area contributed by atoms with E-state index in [-0.39, 0.29) is 5.12 Å². The van der Waals surface area contributed by atoms with E-state index in [0.29, 0.717) is 10.6 Å². The molecule has 0 atom stereocenters. The first-order valence-electron chi connectivity index (χ1n) is 5.18. The van der Waals surface area contributed by atoms with Crippen LogP contribution in [0.5, 0.6) is 0 Å². The van der Waals surface area contributed by atoms with E-state index in [2.05, 4.69) is 0 Å². The maximum absolute atomic E-state index is 10.7. The van der Waals surface area contributed by atoms with Gasteiger partial charge in [-0.2, -0.15) is 0 Å². The van der Waals surface area contributed by atoms with Crippen LogP contribution in [0.2, 0.25) is 5.02 Å². The van der Waals surface area contributed by atoms with Gasteiger partial charge in [0.25, 0.3) is 0 Å². The van der Waals surface area contributed by atoms with Crippen molar-refractivity contribution < 1.29 is 9.59 Å². The lowest BCUT2D eigenvalue weighted by Gasteiger charge is -1.99. The van der Waals surface area contributed by atoms with Crippen LogP contribution in [0.3, 0.4) is 0 Å². The number of hydrogen-bond donors (Lipinski definition) is 0. The smallest absolute Gasteiger partial charge is 0.185 e. The van der Waals surface area contributed by atoms with Gasteiger partial charge in [-0.1, -0.05) is 47.6 Å². The first-order valence-corrected chi connectivity index (χ1v) is 6.54. The van der Waals surface area contributed by atoms with Gasteiger partial charge in [0.15, 0.2) is 5.12 Å². The molecule has 0 heterocycles. The number of halogens is 1. The van der Waals surface area contributed by atoms with Gasteiger partial charge in [0.1, 0.15) is 6.29 Å². The van der Waals surface area contributed by atoms with Crippen molar-refractivity contribution in [1.82, 2.24) is 0 Å². The Morgan fingerprint density at radius 3 is 2.82 bits per heavy atom. The molecule has 90 valence electrons. The number of thioether (sulfide) groups is 1. The van der Waals surface area contributed by atoms with E-state index in [0.717, 1.165) is 24.0 Å². The fraction of sp³-hybridized carbons (Fsp3) is 0.231. The summed E-state index contributed by atoms with van der Waals surface area (Å²) >= 11 is 7.31. The summed E-state index contributed by atoms with van der Waals surface area (Å²) < 4.78 is 0. The summed E-state index contributed by atoms with van der Waals surface area (Å²) in [5.41, 5.74) is 1.45. The summed E-state index contributed by atoms with van der Waals surface area (Å²) in [4.78, 5) is 21.2. The molecule has 1 aromatic rings. The highest BCUT2D eigenvalue weighted by Gasteiger charge is 1.98. The van der Waals surface area contributed by atoms with Crippen LogP contribution < -0.4 is 0 Å². The molecule has 1 aromatic carbocycles. The van der Waals surface area contributed by atoms with Crippen LogP contribution in [-0.4, -0.2) is 17.2 Å². The first kappa shape index (κ1) is 14.0. The van der Waals surface area contributed by atoms with E-state index in [1.54, 1.807) is 25.1 Å². The van der Waals surface area contributed by atoms with Gasteiger partial charge in [0.2, 0.25) is 0 Å². The van der Waals surface area contributed by atoms with E-state index in [4.69, 9.17) is 11.6 Å². The second-order valence-electron chi connectivity index (χ2n) is 3.43. The fourth-order valence-electron chi connectivity index (χ4n) is 1.23. The van der Waals surface area contributed by atoms with Crippen LogP contribution in [0.1, 0.15) is 29.3 Å². The lowest BCUT2D eigenvalue weighted by Crippen LogP contribution is -1.84. The third-order valence-electron chi connectivity index (χ3n) is 2.05. The Bertz CT molecular complexity index is 441. The Morgan fingerprint density at radius 1 is 1.47 bits per heavy atom. The first-order chi connectivity index (χ1) is 8.13. The number of carbonyl (C=O) groups is 2. The average molecular weight is 269 g/mol. The molecule has 4 heteroatoms. The van der Waals surface area contributed by atoms with Gasteiger partial charge in [-0.05, 0) is 18.1 Å². The molecule has 0 saturated carbocycles. The Balaban J connectivity index is 2.53. The Labute approximate surface area is 110 Å². The molecule has 0 aromatic heterocycles. The number of rotatable bonds is 5. The summed E-state index contributed by atoms with van der Waals surface area (Å²) in [5.74, 6) is 0.774. The topological polar surface area (TPSA) is 34.1 Å². The monoisotopic (exact) mass is 268 g/mol. The molecule has 0 aliphatic heterocycles. The van der Waals surface area contributed by atoms with Crippen LogP contribution in [0, 0.1) is 0 Å². The highest BCUT2D eigenvalue weighted by molar-refractivity contribution is 8.13. The molecular weight excluding hydrogens is 256 g/mol. The minimum absolute atomic E-state index is 0.131. The fourth-order valence-corrected chi connectivity index (χ4v) is 2.03. The number of aldehydes is 1. The second kappa shape index (κ2) is 7.30.